The van der Waals surface area contributed by atoms with Gasteiger partial charge in [-0.1, -0.05) is 67.4 Å². The molecule has 2 aromatic carbocycles. The second kappa shape index (κ2) is 9.90. The van der Waals surface area contributed by atoms with Crippen molar-refractivity contribution in [3.05, 3.63) is 71.8 Å². The van der Waals surface area contributed by atoms with E-state index in [2.05, 4.69) is 34.9 Å². The molecule has 0 unspecified atom stereocenters. The molecule has 2 aliphatic carbocycles. The van der Waals surface area contributed by atoms with E-state index >= 15 is 0 Å². The molecule has 0 aliphatic heterocycles. The summed E-state index contributed by atoms with van der Waals surface area (Å²) in [6.07, 6.45) is 5.14. The monoisotopic (exact) mass is 448 g/mol. The quantitative estimate of drug-likeness (QED) is 0.532. The van der Waals surface area contributed by atoms with Crippen molar-refractivity contribution in [3.63, 3.8) is 0 Å². The number of carboxylic acids is 1. The molecule has 2 aromatic rings. The Morgan fingerprint density at radius 2 is 1.58 bits per heavy atom. The van der Waals surface area contributed by atoms with Gasteiger partial charge in [-0.05, 0) is 35.1 Å². The fourth-order valence-corrected chi connectivity index (χ4v) is 4.79. The highest BCUT2D eigenvalue weighted by molar-refractivity contribution is 5.88. The Bertz CT molecular complexity index is 1030. The van der Waals surface area contributed by atoms with E-state index in [1.807, 2.05) is 24.3 Å². The number of carbonyl (C=O) groups excluding carboxylic acids is 2. The Morgan fingerprint density at radius 3 is 2.18 bits per heavy atom. The number of nitrogens with one attached hydrogen (secondary N) is 2. The van der Waals surface area contributed by atoms with Gasteiger partial charge in [-0.3, -0.25) is 9.59 Å². The van der Waals surface area contributed by atoms with E-state index in [0.29, 0.717) is 12.8 Å². The first-order valence-corrected chi connectivity index (χ1v) is 11.3. The van der Waals surface area contributed by atoms with Gasteiger partial charge in [0.05, 0.1) is 5.41 Å². The van der Waals surface area contributed by atoms with E-state index in [9.17, 15) is 19.5 Å². The van der Waals surface area contributed by atoms with Crippen LogP contribution in [-0.2, 0) is 14.3 Å². The summed E-state index contributed by atoms with van der Waals surface area (Å²) in [5, 5.41) is 14.7. The van der Waals surface area contributed by atoms with Crippen molar-refractivity contribution in [2.24, 2.45) is 5.41 Å². The van der Waals surface area contributed by atoms with Crippen LogP contribution in [0.4, 0.5) is 4.79 Å². The Labute approximate surface area is 192 Å². The zero-order valence-corrected chi connectivity index (χ0v) is 18.4. The molecule has 0 radical (unpaired) electrons. The lowest BCUT2D eigenvalue weighted by atomic mass is 9.86. The minimum absolute atomic E-state index is 0.0124. The molecule has 2 amide bonds. The minimum Gasteiger partial charge on any atom is -0.481 e. The van der Waals surface area contributed by atoms with Crippen LogP contribution in [0.1, 0.15) is 42.7 Å². The molecular weight excluding hydrogens is 420 g/mol. The minimum atomic E-state index is -0.860. The third kappa shape index (κ3) is 4.92. The Balaban J connectivity index is 1.22. The topological polar surface area (TPSA) is 105 Å². The number of hydrogen-bond donors (Lipinski definition) is 3. The number of carboxylic acid groups (broad SMARTS) is 1. The van der Waals surface area contributed by atoms with Crippen LogP contribution in [0.25, 0.3) is 11.1 Å². The predicted octanol–water partition coefficient (Wildman–Crippen LogP) is 3.84. The molecule has 0 atom stereocenters. The first kappa shape index (κ1) is 22.6. The molecule has 0 saturated heterocycles. The van der Waals surface area contributed by atoms with Crippen molar-refractivity contribution in [2.45, 2.75) is 31.6 Å². The van der Waals surface area contributed by atoms with E-state index in [1.54, 1.807) is 0 Å². The maximum atomic E-state index is 12.2. The van der Waals surface area contributed by atoms with Gasteiger partial charge in [-0.2, -0.15) is 0 Å². The van der Waals surface area contributed by atoms with Crippen molar-refractivity contribution >= 4 is 18.0 Å². The molecule has 7 nitrogen and oxygen atoms in total. The third-order valence-electron chi connectivity index (χ3n) is 6.59. The number of fused-ring (bicyclic) bond motifs is 3. The average molecular weight is 449 g/mol. The first-order chi connectivity index (χ1) is 16.0. The lowest BCUT2D eigenvalue weighted by Gasteiger charge is -2.23. The number of aliphatic carboxylic acids is 1. The highest BCUT2D eigenvalue weighted by Gasteiger charge is 2.41. The normalized spacial score (nSPS) is 16.2. The summed E-state index contributed by atoms with van der Waals surface area (Å²) in [4.78, 5) is 35.7. The van der Waals surface area contributed by atoms with Crippen LogP contribution in [0.2, 0.25) is 0 Å². The van der Waals surface area contributed by atoms with Gasteiger partial charge in [0, 0.05) is 25.1 Å². The number of amides is 2. The number of benzene rings is 2. The Kier molecular flexibility index (Phi) is 6.77. The fourth-order valence-electron chi connectivity index (χ4n) is 4.79. The smallest absolute Gasteiger partial charge is 0.407 e. The standard InChI is InChI=1S/C26H28N2O5/c29-23(28-17-26(24(30)31)13-5-6-14-26)12-7-15-27-25(32)33-16-22-20-10-3-1-8-18(20)19-9-2-4-11-21(19)22/h1-4,7-12,22H,5-6,13-17H2,(H,27,32)(H,28,29)(H,30,31)/b12-7+. The summed E-state index contributed by atoms with van der Waals surface area (Å²) in [6, 6.07) is 16.2. The number of carbonyl (C=O) groups is 3. The summed E-state index contributed by atoms with van der Waals surface area (Å²) in [5.41, 5.74) is 3.76. The molecule has 0 heterocycles. The van der Waals surface area contributed by atoms with Gasteiger partial charge in [0.15, 0.2) is 0 Å². The zero-order valence-electron chi connectivity index (χ0n) is 18.4. The van der Waals surface area contributed by atoms with Crippen LogP contribution in [0.3, 0.4) is 0 Å². The molecule has 33 heavy (non-hydrogen) atoms. The van der Waals surface area contributed by atoms with Gasteiger partial charge >= 0.3 is 12.1 Å². The van der Waals surface area contributed by atoms with Crippen LogP contribution in [0, 0.1) is 5.41 Å². The molecule has 1 saturated carbocycles. The lowest BCUT2D eigenvalue weighted by Crippen LogP contribution is -2.40. The van der Waals surface area contributed by atoms with Crippen LogP contribution in [0.5, 0.6) is 0 Å². The number of ether oxygens (including phenoxy) is 1. The molecule has 1 fully saturated rings. The SMILES string of the molecule is O=C(/C=C/CNC(=O)OCC1c2ccccc2-c2ccccc21)NCC1(C(=O)O)CCCC1. The molecule has 0 aromatic heterocycles. The van der Waals surface area contributed by atoms with Gasteiger partial charge in [-0.25, -0.2) is 4.79 Å². The maximum absolute atomic E-state index is 12.2. The molecule has 0 bridgehead atoms. The van der Waals surface area contributed by atoms with Gasteiger partial charge in [0.1, 0.15) is 6.61 Å². The van der Waals surface area contributed by atoms with Crippen LogP contribution in [0.15, 0.2) is 60.7 Å². The fraction of sp³-hybridized carbons (Fsp3) is 0.346. The second-order valence-corrected chi connectivity index (χ2v) is 8.62. The highest BCUT2D eigenvalue weighted by atomic mass is 16.5. The van der Waals surface area contributed by atoms with Crippen LogP contribution < -0.4 is 10.6 Å². The number of alkyl carbamates (subject to hydrolysis) is 1. The van der Waals surface area contributed by atoms with E-state index in [0.717, 1.165) is 24.0 Å². The van der Waals surface area contributed by atoms with Crippen molar-refractivity contribution < 1.29 is 24.2 Å². The van der Waals surface area contributed by atoms with Crippen molar-refractivity contribution in [1.29, 1.82) is 0 Å². The Morgan fingerprint density at radius 1 is 0.970 bits per heavy atom. The number of hydrogen-bond acceptors (Lipinski definition) is 4. The summed E-state index contributed by atoms with van der Waals surface area (Å²) < 4.78 is 5.45. The highest BCUT2D eigenvalue weighted by Crippen LogP contribution is 2.44. The average Bonchev–Trinajstić information content (AvgIpc) is 3.43. The molecule has 7 heteroatoms. The van der Waals surface area contributed by atoms with Gasteiger partial charge in [-0.15, -0.1) is 0 Å². The molecule has 2 aliphatic rings. The van der Waals surface area contributed by atoms with Gasteiger partial charge in [0.25, 0.3) is 0 Å². The molecule has 172 valence electrons. The maximum Gasteiger partial charge on any atom is 0.407 e. The van der Waals surface area contributed by atoms with Crippen molar-refractivity contribution in [1.82, 2.24) is 10.6 Å². The second-order valence-electron chi connectivity index (χ2n) is 8.62. The van der Waals surface area contributed by atoms with E-state index < -0.39 is 17.5 Å². The molecule has 3 N–H and O–H groups in total. The van der Waals surface area contributed by atoms with Gasteiger partial charge < -0.3 is 20.5 Å². The van der Waals surface area contributed by atoms with E-state index in [4.69, 9.17) is 4.74 Å². The Hall–Kier alpha value is -3.61. The summed E-state index contributed by atoms with van der Waals surface area (Å²) >= 11 is 0. The summed E-state index contributed by atoms with van der Waals surface area (Å²) in [7, 11) is 0. The summed E-state index contributed by atoms with van der Waals surface area (Å²) in [6.45, 7) is 0.473. The largest absolute Gasteiger partial charge is 0.481 e. The van der Waals surface area contributed by atoms with Crippen LogP contribution >= 0.6 is 0 Å². The van der Waals surface area contributed by atoms with Crippen molar-refractivity contribution in [2.75, 3.05) is 19.7 Å². The first-order valence-electron chi connectivity index (χ1n) is 11.3. The lowest BCUT2D eigenvalue weighted by molar-refractivity contribution is -0.148. The van der Waals surface area contributed by atoms with E-state index in [1.165, 1.54) is 23.3 Å². The van der Waals surface area contributed by atoms with E-state index in [-0.39, 0.29) is 31.5 Å². The van der Waals surface area contributed by atoms with Crippen LogP contribution in [-0.4, -0.2) is 42.8 Å². The summed E-state index contributed by atoms with van der Waals surface area (Å²) in [5.74, 6) is -1.25. The zero-order chi connectivity index (χ0) is 23.3. The predicted molar refractivity (Wildman–Crippen MR) is 124 cm³/mol. The third-order valence-corrected chi connectivity index (χ3v) is 6.59. The molecule has 0 spiro atoms. The molecule has 4 rings (SSSR count). The number of rotatable bonds is 8. The van der Waals surface area contributed by atoms with Gasteiger partial charge in [0.2, 0.25) is 5.91 Å². The van der Waals surface area contributed by atoms with Crippen molar-refractivity contribution in [3.8, 4) is 11.1 Å². The molecular formula is C26H28N2O5.